The molecule has 0 N–H and O–H groups in total. The lowest BCUT2D eigenvalue weighted by Gasteiger charge is -2.30. The monoisotopic (exact) mass is 428 g/mol. The van der Waals surface area contributed by atoms with Gasteiger partial charge in [-0.05, 0) is 44.0 Å². The number of carbonyl (C=O) groups excluding carboxylic acids is 3. The van der Waals surface area contributed by atoms with Gasteiger partial charge in [0.2, 0.25) is 10.0 Å². The molecule has 156 valence electrons. The second kappa shape index (κ2) is 7.66. The van der Waals surface area contributed by atoms with E-state index < -0.39 is 33.7 Å². The number of hydrogen-bond donors (Lipinski definition) is 0. The first-order valence-corrected chi connectivity index (χ1v) is 11.0. The molecule has 0 spiro atoms. The molecule has 1 saturated heterocycles. The first-order chi connectivity index (χ1) is 14.3. The molecule has 0 aromatic heterocycles. The second-order valence-corrected chi connectivity index (χ2v) is 9.29. The van der Waals surface area contributed by atoms with E-state index in [1.54, 1.807) is 36.4 Å². The molecule has 2 heterocycles. The number of amides is 2. The van der Waals surface area contributed by atoms with Crippen LogP contribution in [0, 0.1) is 12.8 Å². The molecular formula is C21H20N2O6S. The molecule has 0 aliphatic carbocycles. The van der Waals surface area contributed by atoms with Crippen LogP contribution in [0.25, 0.3) is 0 Å². The molecule has 2 aromatic carbocycles. The molecular weight excluding hydrogens is 408 g/mol. The summed E-state index contributed by atoms with van der Waals surface area (Å²) in [5, 5.41) is 0.489. The quantitative estimate of drug-likeness (QED) is 0.692. The second-order valence-electron chi connectivity index (χ2n) is 7.35. The number of hydrogen-bond acceptors (Lipinski definition) is 6. The van der Waals surface area contributed by atoms with Crippen molar-refractivity contribution in [1.82, 2.24) is 9.37 Å². The fourth-order valence-electron chi connectivity index (χ4n) is 3.61. The Bertz CT molecular complexity index is 1080. The zero-order valence-electron chi connectivity index (χ0n) is 16.3. The van der Waals surface area contributed by atoms with Gasteiger partial charge in [0.1, 0.15) is 0 Å². The molecule has 2 amide bonds. The van der Waals surface area contributed by atoms with Crippen LogP contribution in [0.5, 0.6) is 0 Å². The van der Waals surface area contributed by atoms with Gasteiger partial charge in [-0.25, -0.2) is 13.2 Å². The normalized spacial score (nSPS) is 17.8. The molecule has 2 aromatic rings. The van der Waals surface area contributed by atoms with Gasteiger partial charge in [-0.15, -0.1) is 0 Å². The average molecular weight is 428 g/mol. The first kappa shape index (κ1) is 20.2. The van der Waals surface area contributed by atoms with Gasteiger partial charge >= 0.3 is 5.97 Å². The highest BCUT2D eigenvalue weighted by Crippen LogP contribution is 2.27. The Balaban J connectivity index is 1.39. The molecule has 1 fully saturated rings. The number of nitrogens with zero attached hydrogens (tertiary/aromatic N) is 2. The molecule has 0 bridgehead atoms. The topological polar surface area (TPSA) is 101 Å². The van der Waals surface area contributed by atoms with Gasteiger partial charge in [-0.2, -0.15) is 4.31 Å². The van der Waals surface area contributed by atoms with E-state index in [9.17, 15) is 22.8 Å². The molecule has 8 nitrogen and oxygen atoms in total. The number of piperidine rings is 1. The Morgan fingerprint density at radius 3 is 2.00 bits per heavy atom. The third-order valence-electron chi connectivity index (χ3n) is 5.38. The Morgan fingerprint density at radius 1 is 0.933 bits per heavy atom. The van der Waals surface area contributed by atoms with Gasteiger partial charge in [0, 0.05) is 13.1 Å². The van der Waals surface area contributed by atoms with Crippen molar-refractivity contribution in [3.05, 3.63) is 65.2 Å². The van der Waals surface area contributed by atoms with E-state index in [0.29, 0.717) is 5.06 Å². The fraction of sp³-hybridized carbons (Fsp3) is 0.286. The number of aryl methyl sites for hydroxylation is 1. The van der Waals surface area contributed by atoms with Gasteiger partial charge in [0.05, 0.1) is 21.9 Å². The summed E-state index contributed by atoms with van der Waals surface area (Å²) in [4.78, 5) is 42.5. The summed E-state index contributed by atoms with van der Waals surface area (Å²) in [6.07, 6.45) is 0.486. The van der Waals surface area contributed by atoms with Gasteiger partial charge < -0.3 is 4.84 Å². The van der Waals surface area contributed by atoms with Crippen molar-refractivity contribution < 1.29 is 27.6 Å². The predicted molar refractivity (Wildman–Crippen MR) is 106 cm³/mol. The van der Waals surface area contributed by atoms with Gasteiger partial charge in [0.25, 0.3) is 11.8 Å². The van der Waals surface area contributed by atoms with Gasteiger partial charge in [-0.1, -0.05) is 34.9 Å². The average Bonchev–Trinajstić information content (AvgIpc) is 2.99. The van der Waals surface area contributed by atoms with E-state index in [0.717, 1.165) is 5.56 Å². The maximum atomic E-state index is 12.8. The fourth-order valence-corrected chi connectivity index (χ4v) is 5.08. The lowest BCUT2D eigenvalue weighted by molar-refractivity contribution is -0.175. The van der Waals surface area contributed by atoms with Crippen LogP contribution in [0.1, 0.15) is 39.1 Å². The molecule has 30 heavy (non-hydrogen) atoms. The van der Waals surface area contributed by atoms with Crippen LogP contribution < -0.4 is 0 Å². The zero-order chi connectivity index (χ0) is 21.5. The minimum absolute atomic E-state index is 0.151. The third-order valence-corrected chi connectivity index (χ3v) is 7.30. The zero-order valence-corrected chi connectivity index (χ0v) is 17.1. The van der Waals surface area contributed by atoms with Crippen LogP contribution in [0.15, 0.2) is 53.4 Å². The van der Waals surface area contributed by atoms with Crippen molar-refractivity contribution in [3.63, 3.8) is 0 Å². The van der Waals surface area contributed by atoms with E-state index in [1.807, 2.05) is 6.92 Å². The minimum Gasteiger partial charge on any atom is -0.329 e. The number of carbonyl (C=O) groups is 3. The molecule has 0 saturated carbocycles. The molecule has 2 aliphatic heterocycles. The van der Waals surface area contributed by atoms with Crippen molar-refractivity contribution in [2.24, 2.45) is 5.92 Å². The van der Waals surface area contributed by atoms with E-state index >= 15 is 0 Å². The van der Waals surface area contributed by atoms with Crippen LogP contribution in [0.3, 0.4) is 0 Å². The third kappa shape index (κ3) is 3.50. The van der Waals surface area contributed by atoms with Crippen LogP contribution in [-0.4, -0.2) is 48.7 Å². The van der Waals surface area contributed by atoms with Gasteiger partial charge in [0.15, 0.2) is 0 Å². The Hall–Kier alpha value is -3.04. The van der Waals surface area contributed by atoms with Crippen molar-refractivity contribution in [2.75, 3.05) is 13.1 Å². The summed E-state index contributed by atoms with van der Waals surface area (Å²) in [5.74, 6) is -2.66. The van der Waals surface area contributed by atoms with Crippen molar-refractivity contribution in [2.45, 2.75) is 24.7 Å². The van der Waals surface area contributed by atoms with E-state index in [1.165, 1.54) is 16.4 Å². The van der Waals surface area contributed by atoms with E-state index in [2.05, 4.69) is 0 Å². The lowest BCUT2D eigenvalue weighted by atomic mass is 9.99. The molecule has 0 atom stereocenters. The molecule has 4 rings (SSSR count). The highest BCUT2D eigenvalue weighted by molar-refractivity contribution is 7.89. The smallest absolute Gasteiger partial charge is 0.329 e. The summed E-state index contributed by atoms with van der Waals surface area (Å²) >= 11 is 0. The lowest BCUT2D eigenvalue weighted by Crippen LogP contribution is -2.42. The summed E-state index contributed by atoms with van der Waals surface area (Å²) in [6, 6.07) is 12.8. The number of fused-ring (bicyclic) bond motifs is 1. The summed E-state index contributed by atoms with van der Waals surface area (Å²) in [5.41, 5.74) is 1.34. The maximum absolute atomic E-state index is 12.8. The highest BCUT2D eigenvalue weighted by Gasteiger charge is 2.40. The summed E-state index contributed by atoms with van der Waals surface area (Å²) < 4.78 is 26.9. The van der Waals surface area contributed by atoms with E-state index in [-0.39, 0.29) is 42.0 Å². The summed E-state index contributed by atoms with van der Waals surface area (Å²) in [6.45, 7) is 2.18. The number of benzene rings is 2. The number of hydroxylamine groups is 2. The molecule has 0 unspecified atom stereocenters. The standard InChI is InChI=1S/C21H20N2O6S/c1-14-6-8-16(9-7-14)30(27,28)22-12-10-15(11-13-22)21(26)29-23-19(24)17-4-2-3-5-18(17)20(23)25/h2-9,15H,10-13H2,1H3. The Labute approximate surface area is 174 Å². The molecule has 0 radical (unpaired) electrons. The van der Waals surface area contributed by atoms with E-state index in [4.69, 9.17) is 4.84 Å². The van der Waals surface area contributed by atoms with Crippen molar-refractivity contribution in [1.29, 1.82) is 0 Å². The van der Waals surface area contributed by atoms with Crippen molar-refractivity contribution in [3.8, 4) is 0 Å². The number of imide groups is 1. The Morgan fingerprint density at radius 2 is 1.47 bits per heavy atom. The van der Waals surface area contributed by atoms with Crippen molar-refractivity contribution >= 4 is 27.8 Å². The largest absolute Gasteiger partial charge is 0.336 e. The Kier molecular flexibility index (Phi) is 5.17. The summed E-state index contributed by atoms with van der Waals surface area (Å²) in [7, 11) is -3.64. The van der Waals surface area contributed by atoms with Gasteiger partial charge in [-0.3, -0.25) is 9.59 Å². The van der Waals surface area contributed by atoms with Crippen LogP contribution >= 0.6 is 0 Å². The van der Waals surface area contributed by atoms with Crippen LogP contribution in [0.4, 0.5) is 0 Å². The minimum atomic E-state index is -3.64. The maximum Gasteiger partial charge on any atom is 0.336 e. The number of sulfonamides is 1. The molecule has 9 heteroatoms. The highest BCUT2D eigenvalue weighted by atomic mass is 32.2. The molecule has 2 aliphatic rings. The number of rotatable bonds is 4. The van der Waals surface area contributed by atoms with Crippen LogP contribution in [0.2, 0.25) is 0 Å². The van der Waals surface area contributed by atoms with Crippen LogP contribution in [-0.2, 0) is 19.7 Å². The predicted octanol–water partition coefficient (Wildman–Crippen LogP) is 2.15. The first-order valence-electron chi connectivity index (χ1n) is 9.55. The SMILES string of the molecule is Cc1ccc(S(=O)(=O)N2CCC(C(=O)ON3C(=O)c4ccccc4C3=O)CC2)cc1.